The lowest BCUT2D eigenvalue weighted by Crippen LogP contribution is -2.18. The Kier molecular flexibility index (Phi) is 3.42. The molecule has 0 spiro atoms. The summed E-state index contributed by atoms with van der Waals surface area (Å²) in [6.45, 7) is 5.00. The Morgan fingerprint density at radius 1 is 1.19 bits per heavy atom. The molecule has 2 heteroatoms. The van der Waals surface area contributed by atoms with E-state index in [0.29, 0.717) is 6.04 Å². The summed E-state index contributed by atoms with van der Waals surface area (Å²) in [5.41, 5.74) is 2.50. The van der Waals surface area contributed by atoms with E-state index < -0.39 is 0 Å². The fourth-order valence-corrected chi connectivity index (χ4v) is 1.69. The lowest BCUT2D eigenvalue weighted by Gasteiger charge is -2.13. The van der Waals surface area contributed by atoms with Gasteiger partial charge in [0.2, 0.25) is 0 Å². The largest absolute Gasteiger partial charge is 0.468 e. The quantitative estimate of drug-likeness (QED) is 0.845. The van der Waals surface area contributed by atoms with Crippen LogP contribution in [-0.4, -0.2) is 0 Å². The molecule has 1 aromatic carbocycles. The molecule has 0 bridgehead atoms. The number of benzene rings is 1. The van der Waals surface area contributed by atoms with Gasteiger partial charge in [-0.15, -0.1) is 0 Å². The van der Waals surface area contributed by atoms with Crippen molar-refractivity contribution in [3.8, 4) is 0 Å². The number of furan rings is 1. The van der Waals surface area contributed by atoms with Crippen molar-refractivity contribution in [2.75, 3.05) is 0 Å². The number of hydrogen-bond donors (Lipinski definition) is 1. The standard InChI is InChI=1S/C14H17NO/c1-11-8-9-16-14(11)10-15-12(2)13-6-4-3-5-7-13/h3-9,12,15H,10H2,1-2H3. The molecule has 1 N–H and O–H groups in total. The van der Waals surface area contributed by atoms with Crippen LogP contribution in [-0.2, 0) is 6.54 Å². The second-order valence-corrected chi connectivity index (χ2v) is 4.04. The van der Waals surface area contributed by atoms with Crippen molar-refractivity contribution in [3.05, 3.63) is 59.5 Å². The Balaban J connectivity index is 1.94. The zero-order valence-corrected chi connectivity index (χ0v) is 9.73. The molecule has 1 unspecified atom stereocenters. The van der Waals surface area contributed by atoms with E-state index in [0.717, 1.165) is 12.3 Å². The lowest BCUT2D eigenvalue weighted by molar-refractivity contribution is 0.458. The second-order valence-electron chi connectivity index (χ2n) is 4.04. The van der Waals surface area contributed by atoms with E-state index in [1.807, 2.05) is 12.1 Å². The van der Waals surface area contributed by atoms with E-state index in [4.69, 9.17) is 4.42 Å². The SMILES string of the molecule is Cc1ccoc1CNC(C)c1ccccc1. The topological polar surface area (TPSA) is 25.2 Å². The summed E-state index contributed by atoms with van der Waals surface area (Å²) >= 11 is 0. The van der Waals surface area contributed by atoms with Crippen LogP contribution in [0, 0.1) is 6.92 Å². The van der Waals surface area contributed by atoms with E-state index in [1.165, 1.54) is 11.1 Å². The van der Waals surface area contributed by atoms with Gasteiger partial charge in [0.05, 0.1) is 12.8 Å². The first kappa shape index (κ1) is 11.0. The van der Waals surface area contributed by atoms with Gasteiger partial charge in [0.15, 0.2) is 0 Å². The first-order valence-electron chi connectivity index (χ1n) is 5.58. The Morgan fingerprint density at radius 3 is 2.56 bits per heavy atom. The van der Waals surface area contributed by atoms with Crippen molar-refractivity contribution in [1.82, 2.24) is 5.32 Å². The molecule has 2 nitrogen and oxygen atoms in total. The molecule has 1 atom stereocenters. The number of rotatable bonds is 4. The summed E-state index contributed by atoms with van der Waals surface area (Å²) in [7, 11) is 0. The molecule has 0 fully saturated rings. The van der Waals surface area contributed by atoms with Crippen molar-refractivity contribution in [2.24, 2.45) is 0 Å². The highest BCUT2D eigenvalue weighted by atomic mass is 16.3. The summed E-state index contributed by atoms with van der Waals surface area (Å²) < 4.78 is 5.39. The molecule has 16 heavy (non-hydrogen) atoms. The van der Waals surface area contributed by atoms with Crippen molar-refractivity contribution in [3.63, 3.8) is 0 Å². The number of aryl methyl sites for hydroxylation is 1. The van der Waals surface area contributed by atoms with E-state index >= 15 is 0 Å². The van der Waals surface area contributed by atoms with Gasteiger partial charge < -0.3 is 9.73 Å². The minimum absolute atomic E-state index is 0.339. The molecule has 1 aromatic heterocycles. The third-order valence-corrected chi connectivity index (χ3v) is 2.84. The first-order chi connectivity index (χ1) is 7.77. The molecular weight excluding hydrogens is 198 g/mol. The van der Waals surface area contributed by atoms with Crippen molar-refractivity contribution in [2.45, 2.75) is 26.4 Å². The minimum atomic E-state index is 0.339. The van der Waals surface area contributed by atoms with E-state index in [9.17, 15) is 0 Å². The third kappa shape index (κ3) is 2.52. The van der Waals surface area contributed by atoms with E-state index in [-0.39, 0.29) is 0 Å². The maximum atomic E-state index is 5.39. The van der Waals surface area contributed by atoms with Gasteiger partial charge in [-0.3, -0.25) is 0 Å². The van der Waals surface area contributed by atoms with Crippen LogP contribution in [0.3, 0.4) is 0 Å². The molecule has 2 aromatic rings. The van der Waals surface area contributed by atoms with E-state index in [1.54, 1.807) is 6.26 Å². The molecule has 0 aliphatic heterocycles. The van der Waals surface area contributed by atoms with Gasteiger partial charge in [0.1, 0.15) is 5.76 Å². The molecule has 1 heterocycles. The van der Waals surface area contributed by atoms with Gasteiger partial charge in [-0.1, -0.05) is 30.3 Å². The van der Waals surface area contributed by atoms with Crippen molar-refractivity contribution >= 4 is 0 Å². The zero-order chi connectivity index (χ0) is 11.4. The van der Waals surface area contributed by atoms with Crippen LogP contribution in [0.15, 0.2) is 47.1 Å². The van der Waals surface area contributed by atoms with Crippen LogP contribution in [0.2, 0.25) is 0 Å². The Labute approximate surface area is 96.3 Å². The summed E-state index contributed by atoms with van der Waals surface area (Å²) in [5.74, 6) is 1.02. The smallest absolute Gasteiger partial charge is 0.120 e. The van der Waals surface area contributed by atoms with Gasteiger partial charge in [0, 0.05) is 6.04 Å². The van der Waals surface area contributed by atoms with Crippen LogP contribution < -0.4 is 5.32 Å². The molecule has 84 valence electrons. The lowest BCUT2D eigenvalue weighted by atomic mass is 10.1. The summed E-state index contributed by atoms with van der Waals surface area (Å²) in [5, 5.41) is 3.45. The van der Waals surface area contributed by atoms with Crippen molar-refractivity contribution in [1.29, 1.82) is 0 Å². The van der Waals surface area contributed by atoms with Crippen molar-refractivity contribution < 1.29 is 4.42 Å². The summed E-state index contributed by atoms with van der Waals surface area (Å²) in [4.78, 5) is 0. The van der Waals surface area contributed by atoms with Gasteiger partial charge in [-0.2, -0.15) is 0 Å². The average Bonchev–Trinajstić information content (AvgIpc) is 2.73. The fraction of sp³-hybridized carbons (Fsp3) is 0.286. The van der Waals surface area contributed by atoms with Crippen LogP contribution >= 0.6 is 0 Å². The maximum Gasteiger partial charge on any atom is 0.120 e. The van der Waals surface area contributed by atoms with Gasteiger partial charge >= 0.3 is 0 Å². The summed E-state index contributed by atoms with van der Waals surface area (Å²) in [6, 6.07) is 12.7. The zero-order valence-electron chi connectivity index (χ0n) is 9.73. The van der Waals surface area contributed by atoms with Crippen LogP contribution in [0.25, 0.3) is 0 Å². The number of nitrogens with one attached hydrogen (secondary N) is 1. The molecule has 2 rings (SSSR count). The molecule has 0 aliphatic carbocycles. The Hall–Kier alpha value is -1.54. The fourth-order valence-electron chi connectivity index (χ4n) is 1.69. The molecule has 0 amide bonds. The Morgan fingerprint density at radius 2 is 1.94 bits per heavy atom. The van der Waals surface area contributed by atoms with Crippen LogP contribution in [0.5, 0.6) is 0 Å². The van der Waals surface area contributed by atoms with Crippen LogP contribution in [0.4, 0.5) is 0 Å². The molecule has 0 saturated carbocycles. The predicted octanol–water partition coefficient (Wildman–Crippen LogP) is 3.44. The normalized spacial score (nSPS) is 12.6. The highest BCUT2D eigenvalue weighted by Gasteiger charge is 2.06. The molecule has 0 radical (unpaired) electrons. The Bertz CT molecular complexity index is 433. The highest BCUT2D eigenvalue weighted by molar-refractivity contribution is 5.19. The molecule has 0 saturated heterocycles. The number of hydrogen-bond acceptors (Lipinski definition) is 2. The third-order valence-electron chi connectivity index (χ3n) is 2.84. The second kappa shape index (κ2) is 4.99. The predicted molar refractivity (Wildman–Crippen MR) is 65.1 cm³/mol. The van der Waals surface area contributed by atoms with Gasteiger partial charge in [0.25, 0.3) is 0 Å². The van der Waals surface area contributed by atoms with E-state index in [2.05, 4.69) is 43.4 Å². The minimum Gasteiger partial charge on any atom is -0.468 e. The first-order valence-corrected chi connectivity index (χ1v) is 5.58. The summed E-state index contributed by atoms with van der Waals surface area (Å²) in [6.07, 6.45) is 1.74. The maximum absolute atomic E-state index is 5.39. The molecule has 0 aliphatic rings. The highest BCUT2D eigenvalue weighted by Crippen LogP contribution is 2.14. The molecular formula is C14H17NO. The van der Waals surface area contributed by atoms with Crippen LogP contribution in [0.1, 0.15) is 29.9 Å². The monoisotopic (exact) mass is 215 g/mol. The average molecular weight is 215 g/mol. The van der Waals surface area contributed by atoms with Gasteiger partial charge in [-0.05, 0) is 31.0 Å². The van der Waals surface area contributed by atoms with Gasteiger partial charge in [-0.25, -0.2) is 0 Å².